The number of nitrogens with one attached hydrogen (secondary N) is 1. The maximum atomic E-state index is 14.2. The lowest BCUT2D eigenvalue weighted by Gasteiger charge is -2.54. The number of ether oxygens (including phenoxy) is 2. The summed E-state index contributed by atoms with van der Waals surface area (Å²) in [6.07, 6.45) is 6.92. The Labute approximate surface area is 246 Å². The van der Waals surface area contributed by atoms with Crippen LogP contribution in [0, 0.1) is 16.6 Å². The lowest BCUT2D eigenvalue weighted by molar-refractivity contribution is -0.136. The smallest absolute Gasteiger partial charge is 0.257 e. The molecule has 10 nitrogen and oxygen atoms in total. The number of nitrogens with zero attached hydrogens (tertiary/aromatic N) is 5. The molecular formula is C31H41FN6O4. The van der Waals surface area contributed by atoms with E-state index in [2.05, 4.69) is 20.2 Å². The first-order valence-electron chi connectivity index (χ1n) is 15.0. The van der Waals surface area contributed by atoms with E-state index in [1.165, 1.54) is 24.5 Å². The monoisotopic (exact) mass is 580 g/mol. The van der Waals surface area contributed by atoms with Crippen molar-refractivity contribution in [1.82, 2.24) is 25.1 Å². The Morgan fingerprint density at radius 1 is 1.19 bits per heavy atom. The summed E-state index contributed by atoms with van der Waals surface area (Å²) in [5.41, 5.74) is 0.445. The highest BCUT2D eigenvalue weighted by atomic mass is 19.1. The SMILES string of the molecule is CCN(C(=O)c1cc(F)ccc1Oc1cncnc1N1CC2(CCN(C(=O)[C@@H]3C[C@]4(COC)CC4N3)CC2)C1)C(C)C. The van der Waals surface area contributed by atoms with Gasteiger partial charge in [-0.15, -0.1) is 0 Å². The minimum Gasteiger partial charge on any atom is -0.451 e. The van der Waals surface area contributed by atoms with Crippen molar-refractivity contribution in [2.45, 2.75) is 64.6 Å². The van der Waals surface area contributed by atoms with Gasteiger partial charge in [-0.3, -0.25) is 9.59 Å². The Morgan fingerprint density at radius 3 is 2.64 bits per heavy atom. The van der Waals surface area contributed by atoms with Gasteiger partial charge in [0, 0.05) is 62.7 Å². The maximum Gasteiger partial charge on any atom is 0.257 e. The van der Waals surface area contributed by atoms with Crippen LogP contribution in [-0.2, 0) is 9.53 Å². The third-order valence-electron chi connectivity index (χ3n) is 9.70. The number of hydrogen-bond donors (Lipinski definition) is 1. The Morgan fingerprint density at radius 2 is 1.95 bits per heavy atom. The minimum absolute atomic E-state index is 0.0411. The van der Waals surface area contributed by atoms with Crippen molar-refractivity contribution in [1.29, 1.82) is 0 Å². The van der Waals surface area contributed by atoms with E-state index in [9.17, 15) is 14.0 Å². The molecule has 3 atom stereocenters. The van der Waals surface area contributed by atoms with E-state index < -0.39 is 5.82 Å². The number of anilines is 1. The van der Waals surface area contributed by atoms with E-state index in [1.807, 2.05) is 25.7 Å². The van der Waals surface area contributed by atoms with Crippen LogP contribution < -0.4 is 15.0 Å². The topological polar surface area (TPSA) is 100 Å². The van der Waals surface area contributed by atoms with Crippen LogP contribution in [0.5, 0.6) is 11.5 Å². The zero-order chi connectivity index (χ0) is 29.6. The molecule has 1 unspecified atom stereocenters. The zero-order valence-electron chi connectivity index (χ0n) is 24.9. The third kappa shape index (κ3) is 5.21. The first kappa shape index (κ1) is 28.8. The number of likely N-dealkylation sites (tertiary alicyclic amines) is 1. The van der Waals surface area contributed by atoms with Crippen LogP contribution in [0.4, 0.5) is 10.2 Å². The number of amides is 2. The lowest BCUT2D eigenvalue weighted by Crippen LogP contribution is -2.62. The highest BCUT2D eigenvalue weighted by Gasteiger charge is 2.62. The highest BCUT2D eigenvalue weighted by Crippen LogP contribution is 2.55. The molecule has 1 spiro atoms. The summed E-state index contributed by atoms with van der Waals surface area (Å²) in [5, 5.41) is 3.53. The second-order valence-corrected chi connectivity index (χ2v) is 12.8. The standard InChI is InChI=1S/C31H41FN6O4/c1-5-38(20(2)3)28(39)22-12-21(32)6-7-24(22)42-25-15-33-19-34-27(25)37-16-30(17-37)8-10-36(11-9-30)29(40)23-13-31(18-41-4)14-26(31)35-23/h6-7,12,15,19-20,23,26,35H,5,8-11,13-14,16-18H2,1-4H3/t23-,26?,31+/m0/s1. The number of carbonyl (C=O) groups excluding carboxylic acids is 2. The first-order valence-corrected chi connectivity index (χ1v) is 15.0. The van der Waals surface area contributed by atoms with Crippen molar-refractivity contribution < 1.29 is 23.5 Å². The number of fused-ring (bicyclic) bond motifs is 1. The van der Waals surface area contributed by atoms with Crippen molar-refractivity contribution in [3.63, 3.8) is 0 Å². The van der Waals surface area contributed by atoms with Gasteiger partial charge in [0.15, 0.2) is 11.6 Å². The van der Waals surface area contributed by atoms with E-state index in [0.29, 0.717) is 24.2 Å². The van der Waals surface area contributed by atoms with E-state index in [-0.39, 0.29) is 46.0 Å². The van der Waals surface area contributed by atoms with Crippen molar-refractivity contribution in [3.05, 3.63) is 42.1 Å². The summed E-state index contributed by atoms with van der Waals surface area (Å²) in [7, 11) is 1.73. The summed E-state index contributed by atoms with van der Waals surface area (Å²) in [6.45, 7) is 10.1. The molecule has 0 bridgehead atoms. The molecule has 11 heteroatoms. The lowest BCUT2D eigenvalue weighted by atomic mass is 9.72. The molecule has 6 rings (SSSR count). The molecular weight excluding hydrogens is 539 g/mol. The van der Waals surface area contributed by atoms with E-state index in [0.717, 1.165) is 58.5 Å². The quantitative estimate of drug-likeness (QED) is 0.482. The Kier molecular flexibility index (Phi) is 7.59. The fourth-order valence-electron chi connectivity index (χ4n) is 7.23. The van der Waals surface area contributed by atoms with Crippen LogP contribution in [0.1, 0.15) is 56.8 Å². The number of rotatable bonds is 9. The molecule has 42 heavy (non-hydrogen) atoms. The first-order chi connectivity index (χ1) is 20.2. The normalized spacial score (nSPS) is 25.8. The molecule has 1 aliphatic carbocycles. The van der Waals surface area contributed by atoms with Gasteiger partial charge in [0.1, 0.15) is 17.9 Å². The Bertz CT molecular complexity index is 1340. The van der Waals surface area contributed by atoms with E-state index >= 15 is 0 Å². The molecule has 4 aliphatic rings. The molecule has 3 saturated heterocycles. The molecule has 1 aromatic carbocycles. The number of benzene rings is 1. The van der Waals surface area contributed by atoms with Gasteiger partial charge in [0.05, 0.1) is 24.4 Å². The van der Waals surface area contributed by atoms with E-state index in [4.69, 9.17) is 9.47 Å². The summed E-state index contributed by atoms with van der Waals surface area (Å²) >= 11 is 0. The molecule has 0 radical (unpaired) electrons. The van der Waals surface area contributed by atoms with Gasteiger partial charge in [-0.1, -0.05) is 0 Å². The fourth-order valence-corrected chi connectivity index (χ4v) is 7.23. The highest BCUT2D eigenvalue weighted by molar-refractivity contribution is 5.97. The fraction of sp³-hybridized carbons (Fsp3) is 0.613. The summed E-state index contributed by atoms with van der Waals surface area (Å²) in [5.74, 6) is 0.765. The van der Waals surface area contributed by atoms with Crippen LogP contribution in [0.25, 0.3) is 0 Å². The van der Waals surface area contributed by atoms with E-state index in [1.54, 1.807) is 18.2 Å². The summed E-state index contributed by atoms with van der Waals surface area (Å²) in [6, 6.07) is 4.27. The number of methoxy groups -OCH3 is 1. The Hall–Kier alpha value is -3.31. The van der Waals surface area contributed by atoms with Crippen LogP contribution in [0.2, 0.25) is 0 Å². The third-order valence-corrected chi connectivity index (χ3v) is 9.70. The van der Waals surface area contributed by atoms with Gasteiger partial charge in [0.25, 0.3) is 5.91 Å². The summed E-state index contributed by atoms with van der Waals surface area (Å²) < 4.78 is 25.9. The predicted molar refractivity (Wildman–Crippen MR) is 155 cm³/mol. The molecule has 3 aliphatic heterocycles. The van der Waals surface area contributed by atoms with Crippen LogP contribution in [-0.4, -0.2) is 96.1 Å². The second-order valence-electron chi connectivity index (χ2n) is 12.8. The number of hydrogen-bond acceptors (Lipinski definition) is 8. The molecule has 2 aromatic rings. The molecule has 2 amide bonds. The van der Waals surface area contributed by atoms with Gasteiger partial charge >= 0.3 is 0 Å². The predicted octanol–water partition coefficient (Wildman–Crippen LogP) is 3.47. The summed E-state index contributed by atoms with van der Waals surface area (Å²) in [4.78, 5) is 41.1. The molecule has 1 saturated carbocycles. The second kappa shape index (κ2) is 11.1. The largest absolute Gasteiger partial charge is 0.451 e. The zero-order valence-corrected chi connectivity index (χ0v) is 24.9. The van der Waals surface area contributed by atoms with Crippen molar-refractivity contribution in [3.8, 4) is 11.5 Å². The number of aromatic nitrogens is 2. The van der Waals surface area contributed by atoms with Crippen LogP contribution >= 0.6 is 0 Å². The van der Waals surface area contributed by atoms with Crippen LogP contribution in [0.15, 0.2) is 30.7 Å². The number of halogens is 1. The van der Waals surface area contributed by atoms with Gasteiger partial charge in [-0.25, -0.2) is 14.4 Å². The number of carbonyl (C=O) groups is 2. The maximum absolute atomic E-state index is 14.2. The molecule has 226 valence electrons. The molecule has 4 fully saturated rings. The molecule has 4 heterocycles. The number of piperidine rings is 2. The average molecular weight is 581 g/mol. The molecule has 1 aromatic heterocycles. The average Bonchev–Trinajstić information content (AvgIpc) is 3.51. The van der Waals surface area contributed by atoms with Crippen molar-refractivity contribution in [2.24, 2.45) is 10.8 Å². The van der Waals surface area contributed by atoms with Crippen LogP contribution in [0.3, 0.4) is 0 Å². The minimum atomic E-state index is -0.500. The molecule has 1 N–H and O–H groups in total. The van der Waals surface area contributed by atoms with Gasteiger partial charge in [-0.05, 0) is 64.7 Å². The van der Waals surface area contributed by atoms with Crippen molar-refractivity contribution >= 4 is 17.6 Å². The van der Waals surface area contributed by atoms with Crippen molar-refractivity contribution in [2.75, 3.05) is 51.3 Å². The van der Waals surface area contributed by atoms with Gasteiger partial charge in [0.2, 0.25) is 5.91 Å². The van der Waals surface area contributed by atoms with Gasteiger partial charge in [-0.2, -0.15) is 0 Å². The van der Waals surface area contributed by atoms with Gasteiger partial charge < -0.3 is 29.5 Å². The Balaban J connectivity index is 1.09.